The van der Waals surface area contributed by atoms with Crippen molar-refractivity contribution >= 4 is 17.5 Å². The van der Waals surface area contributed by atoms with Crippen LogP contribution in [0.15, 0.2) is 28.7 Å². The van der Waals surface area contributed by atoms with Crippen LogP contribution in [0.2, 0.25) is 0 Å². The minimum Gasteiger partial charge on any atom is -0.477 e. The van der Waals surface area contributed by atoms with Crippen LogP contribution < -0.4 is 10.6 Å². The molecule has 19 heavy (non-hydrogen) atoms. The van der Waals surface area contributed by atoms with E-state index in [1.807, 2.05) is 19.1 Å². The summed E-state index contributed by atoms with van der Waals surface area (Å²) in [6, 6.07) is 6.65. The summed E-state index contributed by atoms with van der Waals surface area (Å²) in [6.07, 6.45) is 0. The lowest BCUT2D eigenvalue weighted by Gasteiger charge is -2.18. The van der Waals surface area contributed by atoms with Gasteiger partial charge in [-0.2, -0.15) is 0 Å². The molecule has 100 valence electrons. The van der Waals surface area contributed by atoms with Crippen LogP contribution >= 0.6 is 0 Å². The smallest absolute Gasteiger partial charge is 0.354 e. The van der Waals surface area contributed by atoms with E-state index in [2.05, 4.69) is 4.98 Å². The summed E-state index contributed by atoms with van der Waals surface area (Å²) < 4.78 is 5.47. The molecule has 0 amide bonds. The van der Waals surface area contributed by atoms with E-state index in [1.54, 1.807) is 11.9 Å². The molecule has 2 heterocycles. The van der Waals surface area contributed by atoms with Crippen LogP contribution in [0.25, 0.3) is 0 Å². The minimum absolute atomic E-state index is 0.0355. The number of anilines is 2. The van der Waals surface area contributed by atoms with Crippen molar-refractivity contribution in [2.45, 2.75) is 13.5 Å². The number of aromatic nitrogens is 1. The van der Waals surface area contributed by atoms with Crippen molar-refractivity contribution in [1.82, 2.24) is 4.98 Å². The number of carboxylic acids is 1. The quantitative estimate of drug-likeness (QED) is 0.873. The van der Waals surface area contributed by atoms with Crippen molar-refractivity contribution in [3.05, 3.63) is 41.5 Å². The van der Waals surface area contributed by atoms with Crippen molar-refractivity contribution in [2.75, 3.05) is 17.7 Å². The number of aryl methyl sites for hydroxylation is 1. The lowest BCUT2D eigenvalue weighted by molar-refractivity contribution is 0.0690. The zero-order chi connectivity index (χ0) is 14.0. The maximum atomic E-state index is 10.9. The first-order valence-corrected chi connectivity index (χ1v) is 5.73. The Hall–Kier alpha value is -2.50. The largest absolute Gasteiger partial charge is 0.477 e. The first-order chi connectivity index (χ1) is 8.97. The Kier molecular flexibility index (Phi) is 3.41. The molecule has 0 unspecified atom stereocenters. The van der Waals surface area contributed by atoms with Crippen molar-refractivity contribution in [3.8, 4) is 0 Å². The Balaban J connectivity index is 2.25. The highest BCUT2D eigenvalue weighted by Crippen LogP contribution is 2.22. The van der Waals surface area contributed by atoms with Crippen LogP contribution in [0, 0.1) is 6.92 Å². The van der Waals surface area contributed by atoms with Gasteiger partial charge in [-0.25, -0.2) is 9.78 Å². The molecule has 6 heteroatoms. The Morgan fingerprint density at radius 3 is 2.74 bits per heavy atom. The molecule has 0 aliphatic heterocycles. The van der Waals surface area contributed by atoms with Gasteiger partial charge in [0.05, 0.1) is 12.2 Å². The summed E-state index contributed by atoms with van der Waals surface area (Å²) in [6.45, 7) is 2.33. The predicted octanol–water partition coefficient (Wildman–Crippen LogP) is 1.90. The lowest BCUT2D eigenvalue weighted by atomic mass is 10.3. The number of aromatic carboxylic acids is 1. The van der Waals surface area contributed by atoms with Crippen LogP contribution in [0.5, 0.6) is 0 Å². The highest BCUT2D eigenvalue weighted by atomic mass is 16.4. The predicted molar refractivity (Wildman–Crippen MR) is 71.2 cm³/mol. The molecule has 6 nitrogen and oxygen atoms in total. The fourth-order valence-corrected chi connectivity index (χ4v) is 1.76. The second-order valence-corrected chi connectivity index (χ2v) is 4.28. The van der Waals surface area contributed by atoms with Gasteiger partial charge < -0.3 is 20.2 Å². The maximum absolute atomic E-state index is 10.9. The summed E-state index contributed by atoms with van der Waals surface area (Å²) >= 11 is 0. The number of rotatable bonds is 4. The van der Waals surface area contributed by atoms with Gasteiger partial charge in [-0.1, -0.05) is 0 Å². The van der Waals surface area contributed by atoms with Gasteiger partial charge in [-0.15, -0.1) is 0 Å². The standard InChI is InChI=1S/C13H15N3O3/c1-8-3-4-9(19-8)7-16(2)12-10(14)5-6-11(15-12)13(17)18/h3-6H,7,14H2,1-2H3,(H,17,18). The number of furan rings is 1. The molecule has 0 bridgehead atoms. The molecule has 2 rings (SSSR count). The zero-order valence-electron chi connectivity index (χ0n) is 10.8. The second-order valence-electron chi connectivity index (χ2n) is 4.28. The van der Waals surface area contributed by atoms with Gasteiger partial charge in [0.15, 0.2) is 11.5 Å². The molecule has 0 saturated heterocycles. The van der Waals surface area contributed by atoms with Gasteiger partial charge in [-0.05, 0) is 31.2 Å². The number of pyridine rings is 1. The van der Waals surface area contributed by atoms with Gasteiger partial charge in [0.1, 0.15) is 11.5 Å². The summed E-state index contributed by atoms with van der Waals surface area (Å²) in [5.74, 6) is 0.933. The fraction of sp³-hybridized carbons (Fsp3) is 0.231. The Morgan fingerprint density at radius 2 is 2.16 bits per heavy atom. The van der Waals surface area contributed by atoms with Crippen LogP contribution in [-0.2, 0) is 6.54 Å². The molecular weight excluding hydrogens is 246 g/mol. The van der Waals surface area contributed by atoms with E-state index in [-0.39, 0.29) is 5.69 Å². The maximum Gasteiger partial charge on any atom is 0.354 e. The third-order valence-electron chi connectivity index (χ3n) is 2.68. The van der Waals surface area contributed by atoms with Gasteiger partial charge in [0, 0.05) is 7.05 Å². The number of nitrogens with zero attached hydrogens (tertiary/aromatic N) is 2. The third-order valence-corrected chi connectivity index (χ3v) is 2.68. The van der Waals surface area contributed by atoms with E-state index in [1.165, 1.54) is 12.1 Å². The normalized spacial score (nSPS) is 10.4. The molecule has 0 aliphatic carbocycles. The Labute approximate surface area is 110 Å². The molecule has 0 spiro atoms. The SMILES string of the molecule is Cc1ccc(CN(C)c2nc(C(=O)O)ccc2N)o1. The molecule has 0 aliphatic rings. The van der Waals surface area contributed by atoms with E-state index in [9.17, 15) is 4.79 Å². The second kappa shape index (κ2) is 5.01. The molecule has 0 aromatic carbocycles. The Bertz CT molecular complexity index is 607. The highest BCUT2D eigenvalue weighted by Gasteiger charge is 2.13. The topological polar surface area (TPSA) is 92.6 Å². The molecule has 0 fully saturated rings. The van der Waals surface area contributed by atoms with Gasteiger partial charge in [-0.3, -0.25) is 0 Å². The number of nitrogen functional groups attached to an aromatic ring is 1. The number of carboxylic acid groups (broad SMARTS) is 1. The monoisotopic (exact) mass is 261 g/mol. The minimum atomic E-state index is -1.08. The molecule has 0 atom stereocenters. The van der Waals surface area contributed by atoms with Crippen LogP contribution in [0.1, 0.15) is 22.0 Å². The highest BCUT2D eigenvalue weighted by molar-refractivity contribution is 5.86. The van der Waals surface area contributed by atoms with Gasteiger partial charge in [0.25, 0.3) is 0 Å². The average Bonchev–Trinajstić information content (AvgIpc) is 2.74. The molecule has 2 aromatic rings. The van der Waals surface area contributed by atoms with Crippen LogP contribution in [0.3, 0.4) is 0 Å². The zero-order valence-corrected chi connectivity index (χ0v) is 10.8. The number of hydrogen-bond donors (Lipinski definition) is 2. The first kappa shape index (κ1) is 12.9. The summed E-state index contributed by atoms with van der Waals surface area (Å²) in [5.41, 5.74) is 6.21. The number of carbonyl (C=O) groups is 1. The van der Waals surface area contributed by atoms with Crippen molar-refractivity contribution in [2.24, 2.45) is 0 Å². The van der Waals surface area contributed by atoms with E-state index in [0.717, 1.165) is 11.5 Å². The summed E-state index contributed by atoms with van der Waals surface area (Å²) in [7, 11) is 1.78. The molecule has 3 N–H and O–H groups in total. The van der Waals surface area contributed by atoms with E-state index in [0.29, 0.717) is 18.1 Å². The van der Waals surface area contributed by atoms with Crippen LogP contribution in [0.4, 0.5) is 11.5 Å². The lowest BCUT2D eigenvalue weighted by Crippen LogP contribution is -2.20. The average molecular weight is 261 g/mol. The number of nitrogens with two attached hydrogens (primary N) is 1. The fourth-order valence-electron chi connectivity index (χ4n) is 1.76. The summed E-state index contributed by atoms with van der Waals surface area (Å²) in [5, 5.41) is 8.93. The van der Waals surface area contributed by atoms with Crippen molar-refractivity contribution in [1.29, 1.82) is 0 Å². The van der Waals surface area contributed by atoms with Crippen molar-refractivity contribution < 1.29 is 14.3 Å². The number of hydrogen-bond acceptors (Lipinski definition) is 5. The molecule has 2 aromatic heterocycles. The summed E-state index contributed by atoms with van der Waals surface area (Å²) in [4.78, 5) is 16.7. The Morgan fingerprint density at radius 1 is 1.42 bits per heavy atom. The van der Waals surface area contributed by atoms with E-state index < -0.39 is 5.97 Å². The van der Waals surface area contributed by atoms with Gasteiger partial charge in [0.2, 0.25) is 0 Å². The third kappa shape index (κ3) is 2.85. The molecule has 0 radical (unpaired) electrons. The first-order valence-electron chi connectivity index (χ1n) is 5.73. The van der Waals surface area contributed by atoms with Crippen LogP contribution in [-0.4, -0.2) is 23.1 Å². The molecular formula is C13H15N3O3. The van der Waals surface area contributed by atoms with Crippen molar-refractivity contribution in [3.63, 3.8) is 0 Å². The van der Waals surface area contributed by atoms with Gasteiger partial charge >= 0.3 is 5.97 Å². The van der Waals surface area contributed by atoms with E-state index in [4.69, 9.17) is 15.3 Å². The van der Waals surface area contributed by atoms with E-state index >= 15 is 0 Å². The molecule has 0 saturated carbocycles.